The van der Waals surface area contributed by atoms with Crippen LogP contribution in [0.5, 0.6) is 0 Å². The van der Waals surface area contributed by atoms with Gasteiger partial charge in [0.2, 0.25) is 0 Å². The fourth-order valence-corrected chi connectivity index (χ4v) is 2.87. The molecule has 0 saturated carbocycles. The molecule has 26 heavy (non-hydrogen) atoms. The van der Waals surface area contributed by atoms with E-state index in [0.717, 1.165) is 23.8 Å². The molecule has 6 nitrogen and oxygen atoms in total. The third kappa shape index (κ3) is 3.75. The normalized spacial score (nSPS) is 11.9. The Kier molecular flexibility index (Phi) is 5.34. The maximum atomic E-state index is 12.6. The molecule has 1 aromatic heterocycles. The largest absolute Gasteiger partial charge is 0.451 e. The Morgan fingerprint density at radius 3 is 2.46 bits per heavy atom. The lowest BCUT2D eigenvalue weighted by Gasteiger charge is -2.18. The first-order valence-electron chi connectivity index (χ1n) is 8.46. The Balaban J connectivity index is 1.79. The lowest BCUT2D eigenvalue weighted by atomic mass is 10.0. The van der Waals surface area contributed by atoms with Crippen molar-refractivity contribution in [3.05, 3.63) is 71.5 Å². The van der Waals surface area contributed by atoms with Crippen molar-refractivity contribution >= 4 is 22.8 Å². The van der Waals surface area contributed by atoms with Crippen LogP contribution in [-0.2, 0) is 0 Å². The first-order chi connectivity index (χ1) is 12.6. The molecule has 1 atom stereocenters. The minimum Gasteiger partial charge on any atom is -0.451 e. The Morgan fingerprint density at radius 1 is 1.08 bits per heavy atom. The number of hydroxylamine groups is 1. The van der Waals surface area contributed by atoms with Crippen LogP contribution in [0, 0.1) is 0 Å². The second kappa shape index (κ2) is 7.84. The summed E-state index contributed by atoms with van der Waals surface area (Å²) in [6.45, 7) is 2.04. The zero-order valence-corrected chi connectivity index (χ0v) is 14.4. The van der Waals surface area contributed by atoms with Crippen LogP contribution in [0.4, 0.5) is 0 Å². The molecule has 3 N–H and O–H groups in total. The summed E-state index contributed by atoms with van der Waals surface area (Å²) in [5.74, 6) is -0.588. The number of hydrogen-bond donors (Lipinski definition) is 3. The minimum absolute atomic E-state index is 0.202. The van der Waals surface area contributed by atoms with E-state index in [0.29, 0.717) is 11.1 Å². The molecule has 0 radical (unpaired) electrons. The standard InChI is InChI=1S/C20H20N2O4/c1-2-5-16(13-8-10-14(11-9-13)19(23)22-25)21-20(24)18-12-15-6-3-4-7-17(15)26-18/h3-4,6-12,16,25H,2,5H2,1H3,(H,21,24)(H,22,23)/t16-/m1/s1. The highest BCUT2D eigenvalue weighted by atomic mass is 16.5. The highest BCUT2D eigenvalue weighted by molar-refractivity contribution is 5.96. The number of rotatable bonds is 6. The van der Waals surface area contributed by atoms with Crippen molar-refractivity contribution in [2.24, 2.45) is 0 Å². The monoisotopic (exact) mass is 352 g/mol. The minimum atomic E-state index is -0.574. The third-order valence-corrected chi connectivity index (χ3v) is 4.21. The maximum absolute atomic E-state index is 12.6. The molecule has 0 saturated heterocycles. The van der Waals surface area contributed by atoms with E-state index >= 15 is 0 Å². The van der Waals surface area contributed by atoms with Gasteiger partial charge < -0.3 is 9.73 Å². The Morgan fingerprint density at radius 2 is 1.81 bits per heavy atom. The number of furan rings is 1. The van der Waals surface area contributed by atoms with Crippen LogP contribution >= 0.6 is 0 Å². The van der Waals surface area contributed by atoms with Gasteiger partial charge in [-0.3, -0.25) is 14.8 Å². The maximum Gasteiger partial charge on any atom is 0.287 e. The van der Waals surface area contributed by atoms with Gasteiger partial charge in [0.15, 0.2) is 5.76 Å². The first kappa shape index (κ1) is 17.7. The summed E-state index contributed by atoms with van der Waals surface area (Å²) in [4.78, 5) is 24.0. The van der Waals surface area contributed by atoms with Gasteiger partial charge in [-0.1, -0.05) is 43.7 Å². The number of fused-ring (bicyclic) bond motifs is 1. The molecule has 2 aromatic carbocycles. The number of para-hydroxylation sites is 1. The topological polar surface area (TPSA) is 91.6 Å². The van der Waals surface area contributed by atoms with E-state index in [1.54, 1.807) is 35.8 Å². The van der Waals surface area contributed by atoms with E-state index in [4.69, 9.17) is 9.62 Å². The molecular weight excluding hydrogens is 332 g/mol. The Bertz CT molecular complexity index is 882. The summed E-state index contributed by atoms with van der Waals surface area (Å²) >= 11 is 0. The Labute approximate surface area is 150 Å². The summed E-state index contributed by atoms with van der Waals surface area (Å²) < 4.78 is 5.62. The summed E-state index contributed by atoms with van der Waals surface area (Å²) in [6, 6.07) is 15.7. The van der Waals surface area contributed by atoms with Gasteiger partial charge in [0.05, 0.1) is 6.04 Å². The first-order valence-corrected chi connectivity index (χ1v) is 8.46. The summed E-state index contributed by atoms with van der Waals surface area (Å²) in [7, 11) is 0. The van der Waals surface area contributed by atoms with Crippen molar-refractivity contribution in [2.45, 2.75) is 25.8 Å². The van der Waals surface area contributed by atoms with Crippen LogP contribution < -0.4 is 10.8 Å². The number of hydrogen-bond acceptors (Lipinski definition) is 4. The molecule has 0 aliphatic rings. The van der Waals surface area contributed by atoms with Gasteiger partial charge in [0.25, 0.3) is 11.8 Å². The van der Waals surface area contributed by atoms with Crippen molar-refractivity contribution in [2.75, 3.05) is 0 Å². The van der Waals surface area contributed by atoms with Gasteiger partial charge in [0, 0.05) is 10.9 Å². The zero-order valence-electron chi connectivity index (χ0n) is 14.4. The molecule has 0 aliphatic heterocycles. The van der Waals surface area contributed by atoms with Crippen LogP contribution in [0.25, 0.3) is 11.0 Å². The fraction of sp³-hybridized carbons (Fsp3) is 0.200. The third-order valence-electron chi connectivity index (χ3n) is 4.21. The molecule has 1 heterocycles. The van der Waals surface area contributed by atoms with E-state index in [1.807, 2.05) is 31.2 Å². The van der Waals surface area contributed by atoms with Gasteiger partial charge in [-0.15, -0.1) is 0 Å². The molecule has 134 valence electrons. The predicted octanol–water partition coefficient (Wildman–Crippen LogP) is 3.82. The van der Waals surface area contributed by atoms with Gasteiger partial charge >= 0.3 is 0 Å². The number of nitrogens with one attached hydrogen (secondary N) is 2. The highest BCUT2D eigenvalue weighted by Crippen LogP contribution is 2.22. The molecule has 0 unspecified atom stereocenters. The van der Waals surface area contributed by atoms with Crippen LogP contribution in [0.1, 0.15) is 52.3 Å². The molecule has 2 amide bonds. The molecule has 3 aromatic rings. The molecule has 0 fully saturated rings. The average molecular weight is 352 g/mol. The predicted molar refractivity (Wildman–Crippen MR) is 97.0 cm³/mol. The molecule has 0 spiro atoms. The van der Waals surface area contributed by atoms with Crippen molar-refractivity contribution in [1.29, 1.82) is 0 Å². The molecule has 3 rings (SSSR count). The van der Waals surface area contributed by atoms with E-state index < -0.39 is 5.91 Å². The highest BCUT2D eigenvalue weighted by Gasteiger charge is 2.18. The number of carbonyl (C=O) groups excluding carboxylic acids is 2. The van der Waals surface area contributed by atoms with Crippen molar-refractivity contribution < 1.29 is 19.2 Å². The van der Waals surface area contributed by atoms with Crippen LogP contribution in [-0.4, -0.2) is 17.0 Å². The fourth-order valence-electron chi connectivity index (χ4n) is 2.87. The SMILES string of the molecule is CCC[C@@H](NC(=O)c1cc2ccccc2o1)c1ccc(C(=O)NO)cc1. The quantitative estimate of drug-likeness (QED) is 0.464. The van der Waals surface area contributed by atoms with Crippen LogP contribution in [0.15, 0.2) is 59.0 Å². The van der Waals surface area contributed by atoms with Crippen LogP contribution in [0.3, 0.4) is 0 Å². The van der Waals surface area contributed by atoms with E-state index in [9.17, 15) is 9.59 Å². The number of carbonyl (C=O) groups is 2. The molecule has 0 bridgehead atoms. The van der Waals surface area contributed by atoms with Crippen molar-refractivity contribution in [1.82, 2.24) is 10.8 Å². The van der Waals surface area contributed by atoms with Crippen LogP contribution in [0.2, 0.25) is 0 Å². The number of benzene rings is 2. The molecule has 6 heteroatoms. The lowest BCUT2D eigenvalue weighted by molar-refractivity contribution is 0.0706. The second-order valence-corrected chi connectivity index (χ2v) is 6.03. The van der Waals surface area contributed by atoms with Gasteiger partial charge in [-0.05, 0) is 36.2 Å². The van der Waals surface area contributed by atoms with Gasteiger partial charge in [-0.2, -0.15) is 0 Å². The summed E-state index contributed by atoms with van der Waals surface area (Å²) in [5.41, 5.74) is 3.49. The van der Waals surface area contributed by atoms with Crippen molar-refractivity contribution in [3.63, 3.8) is 0 Å². The van der Waals surface area contributed by atoms with Gasteiger partial charge in [0.1, 0.15) is 5.58 Å². The summed E-state index contributed by atoms with van der Waals surface area (Å²) in [6.07, 6.45) is 1.63. The molecular formula is C20H20N2O4. The average Bonchev–Trinajstić information content (AvgIpc) is 3.11. The van der Waals surface area contributed by atoms with E-state index in [1.165, 1.54) is 0 Å². The number of amides is 2. The van der Waals surface area contributed by atoms with Crippen molar-refractivity contribution in [3.8, 4) is 0 Å². The summed E-state index contributed by atoms with van der Waals surface area (Å²) in [5, 5.41) is 12.6. The smallest absolute Gasteiger partial charge is 0.287 e. The molecule has 0 aliphatic carbocycles. The zero-order chi connectivity index (χ0) is 18.5. The lowest BCUT2D eigenvalue weighted by Crippen LogP contribution is -2.28. The Hall–Kier alpha value is -3.12. The van der Waals surface area contributed by atoms with Gasteiger partial charge in [-0.25, -0.2) is 5.48 Å². The second-order valence-electron chi connectivity index (χ2n) is 6.03. The van der Waals surface area contributed by atoms with E-state index in [2.05, 4.69) is 5.32 Å². The van der Waals surface area contributed by atoms with E-state index in [-0.39, 0.29) is 17.7 Å².